The highest BCUT2D eigenvalue weighted by molar-refractivity contribution is 7.22. The van der Waals surface area contributed by atoms with E-state index < -0.39 is 23.5 Å². The maximum absolute atomic E-state index is 13.3. The van der Waals surface area contributed by atoms with Crippen molar-refractivity contribution in [3.8, 4) is 5.75 Å². The number of hydrogen-bond acceptors (Lipinski definition) is 6. The number of anilines is 1. The number of rotatable bonds is 5. The quantitative estimate of drug-likeness (QED) is 0.378. The first kappa shape index (κ1) is 21.6. The minimum absolute atomic E-state index is 0.0293. The zero-order valence-corrected chi connectivity index (χ0v) is 19.0. The number of ketones is 1. The predicted octanol–water partition coefficient (Wildman–Crippen LogP) is 5.49. The molecule has 1 aromatic heterocycles. The number of phenols is 1. The highest BCUT2D eigenvalue weighted by atomic mass is 32.1. The van der Waals surface area contributed by atoms with Crippen LogP contribution in [0.2, 0.25) is 0 Å². The molecule has 1 aliphatic rings. The third kappa shape index (κ3) is 3.86. The molecule has 5 rings (SSSR count). The molecule has 1 aliphatic heterocycles. The maximum atomic E-state index is 13.3. The van der Waals surface area contributed by atoms with E-state index in [-0.39, 0.29) is 11.3 Å². The van der Waals surface area contributed by atoms with Crippen molar-refractivity contribution in [2.75, 3.05) is 4.90 Å². The van der Waals surface area contributed by atoms with Gasteiger partial charge in [-0.05, 0) is 54.0 Å². The van der Waals surface area contributed by atoms with Crippen molar-refractivity contribution >= 4 is 44.5 Å². The van der Waals surface area contributed by atoms with E-state index in [2.05, 4.69) is 4.98 Å². The smallest absolute Gasteiger partial charge is 0.296 e. The lowest BCUT2D eigenvalue weighted by Crippen LogP contribution is -2.30. The van der Waals surface area contributed by atoms with E-state index in [4.69, 9.17) is 0 Å². The number of aliphatic hydroxyl groups excluding tert-OH is 1. The second kappa shape index (κ2) is 8.61. The molecule has 2 heterocycles. The van der Waals surface area contributed by atoms with Gasteiger partial charge in [0.15, 0.2) is 16.7 Å². The van der Waals surface area contributed by atoms with Crippen molar-refractivity contribution in [3.05, 3.63) is 107 Å². The molecule has 7 heteroatoms. The summed E-state index contributed by atoms with van der Waals surface area (Å²) in [6, 6.07) is 20.4. The van der Waals surface area contributed by atoms with Gasteiger partial charge in [-0.3, -0.25) is 14.5 Å². The highest BCUT2D eigenvalue weighted by Gasteiger charge is 2.45. The minimum Gasteiger partial charge on any atom is -0.508 e. The molecule has 0 aliphatic carbocycles. The van der Waals surface area contributed by atoms with Crippen molar-refractivity contribution in [2.45, 2.75) is 13.0 Å². The summed E-state index contributed by atoms with van der Waals surface area (Å²) in [6.07, 6.45) is 3.00. The van der Waals surface area contributed by atoms with Gasteiger partial charge < -0.3 is 10.2 Å². The normalized spacial score (nSPS) is 16.2. The third-order valence-electron chi connectivity index (χ3n) is 5.65. The summed E-state index contributed by atoms with van der Waals surface area (Å²) < 4.78 is 0.899. The lowest BCUT2D eigenvalue weighted by molar-refractivity contribution is -0.117. The summed E-state index contributed by atoms with van der Waals surface area (Å²) in [5.41, 5.74) is 3.15. The van der Waals surface area contributed by atoms with Crippen LogP contribution in [0, 0.1) is 6.92 Å². The minimum atomic E-state index is -0.886. The molecule has 6 nitrogen and oxygen atoms in total. The number of aryl methyl sites for hydroxylation is 1. The summed E-state index contributed by atoms with van der Waals surface area (Å²) in [6.45, 7) is 1.97. The monoisotopic (exact) mass is 468 g/mol. The Morgan fingerprint density at radius 3 is 2.50 bits per heavy atom. The largest absolute Gasteiger partial charge is 0.508 e. The number of nitrogens with zero attached hydrogens (tertiary/aromatic N) is 2. The Morgan fingerprint density at radius 1 is 1.03 bits per heavy atom. The SMILES string of the molecule is Cc1ccc2nc(N3C(=O)C(O)=C(C(=O)/C=C/c4ccccc4)C3c3ccc(O)cc3)sc2c1. The molecule has 0 fully saturated rings. The second-order valence-corrected chi connectivity index (χ2v) is 9.02. The Balaban J connectivity index is 1.60. The number of hydrogen-bond donors (Lipinski definition) is 2. The van der Waals surface area contributed by atoms with Crippen LogP contribution < -0.4 is 4.90 Å². The summed E-state index contributed by atoms with van der Waals surface area (Å²) >= 11 is 1.32. The van der Waals surface area contributed by atoms with Crippen LogP contribution in [-0.4, -0.2) is 26.9 Å². The Hall–Kier alpha value is -4.23. The third-order valence-corrected chi connectivity index (χ3v) is 6.67. The summed E-state index contributed by atoms with van der Waals surface area (Å²) in [5.74, 6) is -1.71. The number of fused-ring (bicyclic) bond motifs is 1. The van der Waals surface area contributed by atoms with Crippen molar-refractivity contribution in [2.24, 2.45) is 0 Å². The van der Waals surface area contributed by atoms with E-state index in [1.807, 2.05) is 55.5 Å². The van der Waals surface area contributed by atoms with E-state index in [1.54, 1.807) is 18.2 Å². The predicted molar refractivity (Wildman–Crippen MR) is 133 cm³/mol. The molecule has 0 saturated heterocycles. The number of aromatic hydroxyl groups is 1. The Kier molecular flexibility index (Phi) is 5.47. The first-order chi connectivity index (χ1) is 16.4. The van der Waals surface area contributed by atoms with Gasteiger partial charge in [0.2, 0.25) is 0 Å². The first-order valence-electron chi connectivity index (χ1n) is 10.6. The van der Waals surface area contributed by atoms with Gasteiger partial charge in [-0.15, -0.1) is 0 Å². The van der Waals surface area contributed by atoms with Gasteiger partial charge in [0.1, 0.15) is 5.75 Å². The molecule has 3 aromatic carbocycles. The average molecular weight is 469 g/mol. The number of amides is 1. The van der Waals surface area contributed by atoms with Gasteiger partial charge in [0, 0.05) is 0 Å². The van der Waals surface area contributed by atoms with Crippen molar-refractivity contribution < 1.29 is 19.8 Å². The lowest BCUT2D eigenvalue weighted by Gasteiger charge is -2.24. The molecule has 0 saturated carbocycles. The van der Waals surface area contributed by atoms with Gasteiger partial charge in [0.05, 0.1) is 21.8 Å². The lowest BCUT2D eigenvalue weighted by atomic mass is 9.95. The van der Waals surface area contributed by atoms with E-state index in [1.165, 1.54) is 34.4 Å². The maximum Gasteiger partial charge on any atom is 0.296 e. The zero-order valence-electron chi connectivity index (χ0n) is 18.2. The number of carbonyl (C=O) groups excluding carboxylic acids is 2. The van der Waals surface area contributed by atoms with Crippen LogP contribution in [0.3, 0.4) is 0 Å². The summed E-state index contributed by atoms with van der Waals surface area (Å²) in [5, 5.41) is 21.0. The standard InChI is InChI=1S/C27H20N2O4S/c1-16-7-13-20-22(15-16)34-27(28-20)29-24(18-9-11-19(30)12-10-18)23(25(32)26(29)33)21(31)14-8-17-5-3-2-4-6-17/h2-15,24,30,32H,1H3/b14-8+. The van der Waals surface area contributed by atoms with Crippen LogP contribution in [0.25, 0.3) is 16.3 Å². The number of benzene rings is 3. The van der Waals surface area contributed by atoms with Crippen LogP contribution in [-0.2, 0) is 9.59 Å². The molecule has 0 bridgehead atoms. The molecule has 1 atom stereocenters. The molecule has 1 amide bonds. The Labute approximate surface area is 199 Å². The number of aliphatic hydroxyl groups is 1. The number of thiazole rings is 1. The number of allylic oxidation sites excluding steroid dienone is 1. The molecule has 0 spiro atoms. The van der Waals surface area contributed by atoms with Gasteiger partial charge in [-0.25, -0.2) is 4.98 Å². The van der Waals surface area contributed by atoms with Gasteiger partial charge in [-0.2, -0.15) is 0 Å². The summed E-state index contributed by atoms with van der Waals surface area (Å²) in [4.78, 5) is 32.5. The van der Waals surface area contributed by atoms with E-state index in [9.17, 15) is 19.8 Å². The van der Waals surface area contributed by atoms with E-state index in [0.717, 1.165) is 21.3 Å². The molecule has 4 aromatic rings. The van der Waals surface area contributed by atoms with Gasteiger partial charge >= 0.3 is 0 Å². The second-order valence-electron chi connectivity index (χ2n) is 8.01. The van der Waals surface area contributed by atoms with Crippen LogP contribution in [0.15, 0.2) is 90.2 Å². The molecule has 34 heavy (non-hydrogen) atoms. The van der Waals surface area contributed by atoms with E-state index in [0.29, 0.717) is 10.7 Å². The first-order valence-corrected chi connectivity index (χ1v) is 11.4. The summed E-state index contributed by atoms with van der Waals surface area (Å²) in [7, 11) is 0. The van der Waals surface area contributed by atoms with E-state index >= 15 is 0 Å². The fraction of sp³-hybridized carbons (Fsp3) is 0.0741. The fourth-order valence-corrected chi connectivity index (χ4v) is 5.07. The van der Waals surface area contributed by atoms with Crippen molar-refractivity contribution in [1.29, 1.82) is 0 Å². The van der Waals surface area contributed by atoms with Crippen LogP contribution in [0.1, 0.15) is 22.7 Å². The fourth-order valence-electron chi connectivity index (χ4n) is 3.97. The number of aromatic nitrogens is 1. The van der Waals surface area contributed by atoms with Crippen LogP contribution >= 0.6 is 11.3 Å². The Bertz CT molecular complexity index is 1470. The highest BCUT2D eigenvalue weighted by Crippen LogP contribution is 2.43. The van der Waals surface area contributed by atoms with Crippen molar-refractivity contribution in [1.82, 2.24) is 4.98 Å². The van der Waals surface area contributed by atoms with Crippen LogP contribution in [0.4, 0.5) is 5.13 Å². The number of phenolic OH excluding ortho intramolecular Hbond substituents is 1. The molecular formula is C27H20N2O4S. The molecule has 2 N–H and O–H groups in total. The van der Waals surface area contributed by atoms with Crippen LogP contribution in [0.5, 0.6) is 5.75 Å². The molecule has 168 valence electrons. The molecule has 0 radical (unpaired) electrons. The van der Waals surface area contributed by atoms with Crippen molar-refractivity contribution in [3.63, 3.8) is 0 Å². The Morgan fingerprint density at radius 2 is 1.76 bits per heavy atom. The molecular weight excluding hydrogens is 448 g/mol. The topological polar surface area (TPSA) is 90.7 Å². The number of carbonyl (C=O) groups is 2. The average Bonchev–Trinajstić information content (AvgIpc) is 3.36. The molecule has 1 unspecified atom stereocenters. The van der Waals surface area contributed by atoms with Gasteiger partial charge in [-0.1, -0.05) is 65.9 Å². The van der Waals surface area contributed by atoms with Gasteiger partial charge in [0.25, 0.3) is 5.91 Å². The zero-order chi connectivity index (χ0) is 23.8.